The average molecular weight is 846 g/mol. The van der Waals surface area contributed by atoms with E-state index in [1.54, 1.807) is 0 Å². The van der Waals surface area contributed by atoms with Crippen LogP contribution in [0.25, 0.3) is 32.1 Å². The fraction of sp³-hybridized carbons (Fsp3) is 0.514. The van der Waals surface area contributed by atoms with E-state index in [4.69, 9.17) is 22.1 Å². The number of nitrogens with two attached hydrogens (primary N) is 1. The van der Waals surface area contributed by atoms with Gasteiger partial charge in [-0.3, -0.25) is 9.69 Å². The molecule has 57 heavy (non-hydrogen) atoms. The SMILES string of the molecule is COc1nc(N2CCCCC3(CN(C(=O)COC(F)(F)C(F)(F)F)C3)C2)c2cc(Cl)c(-c3ccc(F)c4sc(N)c(C#N)c34)c(F)c2n1.FC1CC2CCCN2C1. The minimum Gasteiger partial charge on any atom is -0.467 e. The molecular formula is C37H36ClF8N7O3S. The van der Waals surface area contributed by atoms with E-state index < -0.39 is 48.0 Å². The van der Waals surface area contributed by atoms with E-state index in [-0.39, 0.29) is 79.2 Å². The van der Waals surface area contributed by atoms with Crippen LogP contribution in [0.15, 0.2) is 18.2 Å². The number of alkyl halides is 6. The van der Waals surface area contributed by atoms with Crippen molar-refractivity contribution in [2.75, 3.05) is 63.6 Å². The maximum Gasteiger partial charge on any atom is 0.482 e. The van der Waals surface area contributed by atoms with Crippen LogP contribution in [0.2, 0.25) is 5.02 Å². The molecule has 4 fully saturated rings. The summed E-state index contributed by atoms with van der Waals surface area (Å²) in [6, 6.07) is 6.25. The molecule has 306 valence electrons. The largest absolute Gasteiger partial charge is 0.482 e. The van der Waals surface area contributed by atoms with Gasteiger partial charge >= 0.3 is 18.3 Å². The van der Waals surface area contributed by atoms with Crippen LogP contribution in [0, 0.1) is 28.4 Å². The highest BCUT2D eigenvalue weighted by molar-refractivity contribution is 7.23. The van der Waals surface area contributed by atoms with Crippen LogP contribution in [0.3, 0.4) is 0 Å². The van der Waals surface area contributed by atoms with Crippen molar-refractivity contribution in [3.63, 3.8) is 0 Å². The number of hydrogen-bond acceptors (Lipinski definition) is 10. The number of methoxy groups -OCH3 is 1. The lowest BCUT2D eigenvalue weighted by Crippen LogP contribution is -2.63. The lowest BCUT2D eigenvalue weighted by Gasteiger charge is -2.51. The molecule has 2 N–H and O–H groups in total. The van der Waals surface area contributed by atoms with Crippen molar-refractivity contribution in [1.82, 2.24) is 19.8 Å². The van der Waals surface area contributed by atoms with Gasteiger partial charge in [0.2, 0.25) is 5.91 Å². The second-order valence-electron chi connectivity index (χ2n) is 14.8. The third-order valence-corrected chi connectivity index (χ3v) is 12.3. The molecule has 0 saturated carbocycles. The van der Waals surface area contributed by atoms with Gasteiger partial charge < -0.3 is 25.0 Å². The molecular weight excluding hydrogens is 810 g/mol. The summed E-state index contributed by atoms with van der Waals surface area (Å²) in [5.74, 6) is -2.29. The zero-order chi connectivity index (χ0) is 41.0. The molecule has 4 saturated heterocycles. The van der Waals surface area contributed by atoms with Crippen molar-refractivity contribution in [2.24, 2.45) is 5.41 Å². The predicted octanol–water partition coefficient (Wildman–Crippen LogP) is 8.09. The molecule has 2 aromatic heterocycles. The summed E-state index contributed by atoms with van der Waals surface area (Å²) >= 11 is 7.56. The molecule has 0 aliphatic carbocycles. The van der Waals surface area contributed by atoms with E-state index >= 15 is 4.39 Å². The molecule has 0 radical (unpaired) electrons. The number of halogens is 9. The Morgan fingerprint density at radius 3 is 2.56 bits per heavy atom. The number of ether oxygens (including phenoxy) is 2. The van der Waals surface area contributed by atoms with Crippen molar-refractivity contribution >= 4 is 60.7 Å². The Balaban J connectivity index is 0.000000480. The van der Waals surface area contributed by atoms with Crippen LogP contribution >= 0.6 is 22.9 Å². The van der Waals surface area contributed by atoms with Gasteiger partial charge in [-0.1, -0.05) is 24.1 Å². The van der Waals surface area contributed by atoms with Crippen LogP contribution in [0.4, 0.5) is 45.9 Å². The molecule has 4 aliphatic rings. The molecule has 2 unspecified atom stereocenters. The van der Waals surface area contributed by atoms with E-state index in [0.29, 0.717) is 38.4 Å². The first-order valence-corrected chi connectivity index (χ1v) is 19.3. The molecule has 2 aromatic carbocycles. The van der Waals surface area contributed by atoms with Crippen LogP contribution in [-0.2, 0) is 9.53 Å². The Morgan fingerprint density at radius 1 is 1.12 bits per heavy atom. The number of anilines is 2. The molecule has 1 amide bonds. The van der Waals surface area contributed by atoms with Gasteiger partial charge in [0.1, 0.15) is 41.0 Å². The normalized spacial score (nSPS) is 20.9. The summed E-state index contributed by atoms with van der Waals surface area (Å²) in [6.07, 6.45) is -6.65. The molecule has 4 aliphatic heterocycles. The second-order valence-corrected chi connectivity index (χ2v) is 16.2. The lowest BCUT2D eigenvalue weighted by molar-refractivity contribution is -0.389. The number of carbonyl (C=O) groups excluding carboxylic acids is 1. The minimum atomic E-state index is -5.96. The smallest absolute Gasteiger partial charge is 0.467 e. The van der Waals surface area contributed by atoms with E-state index in [2.05, 4.69) is 19.6 Å². The third kappa shape index (κ3) is 7.73. The number of thiophene rings is 1. The highest BCUT2D eigenvalue weighted by Crippen LogP contribution is 2.47. The van der Waals surface area contributed by atoms with Crippen LogP contribution in [0.5, 0.6) is 6.01 Å². The number of nitriles is 1. The quantitative estimate of drug-likeness (QED) is 0.192. The number of carbonyl (C=O) groups is 1. The van der Waals surface area contributed by atoms with Crippen LogP contribution in [0.1, 0.15) is 44.1 Å². The molecule has 20 heteroatoms. The number of amides is 1. The number of nitrogens with zero attached hydrogens (tertiary/aromatic N) is 6. The standard InChI is InChI=1S/C30H24ClF7N6O3S.C7H12FN/c1-46-27-41-23-15(8-17(31)21(22(23)33)14-4-5-18(32)24-20(14)16(9-39)25(40)48-24)26(42-27)43-7-3-2-6-28(11-43)12-44(13-28)19(45)10-47-30(37,38)29(34,35)36;8-6-4-7-2-1-3-9(7)5-6/h4-5,8H,2-3,6-7,10-13,40H2,1H3;6-7H,1-5H2. The fourth-order valence-corrected chi connectivity index (χ4v) is 9.59. The van der Waals surface area contributed by atoms with Gasteiger partial charge in [-0.05, 0) is 56.3 Å². The van der Waals surface area contributed by atoms with Crippen molar-refractivity contribution in [1.29, 1.82) is 5.26 Å². The van der Waals surface area contributed by atoms with Crippen molar-refractivity contribution in [2.45, 2.75) is 63.0 Å². The number of rotatable bonds is 6. The van der Waals surface area contributed by atoms with Crippen molar-refractivity contribution in [3.8, 4) is 23.2 Å². The van der Waals surface area contributed by atoms with E-state index in [0.717, 1.165) is 35.3 Å². The number of nitrogen functional groups attached to an aromatic ring is 1. The number of hydrogen-bond donors (Lipinski definition) is 1. The maximum absolute atomic E-state index is 16.6. The topological polar surface area (TPSA) is 121 Å². The highest BCUT2D eigenvalue weighted by atomic mass is 35.5. The summed E-state index contributed by atoms with van der Waals surface area (Å²) < 4.78 is 117. The first kappa shape index (κ1) is 40.9. The van der Waals surface area contributed by atoms with Gasteiger partial charge in [0.05, 0.1) is 22.4 Å². The minimum absolute atomic E-state index is 0.0236. The lowest BCUT2D eigenvalue weighted by atomic mass is 9.75. The summed E-state index contributed by atoms with van der Waals surface area (Å²) in [4.78, 5) is 26.4. The monoisotopic (exact) mass is 845 g/mol. The Bertz CT molecular complexity index is 2240. The Kier molecular flexibility index (Phi) is 11.1. The molecule has 4 aromatic rings. The molecule has 10 nitrogen and oxygen atoms in total. The van der Waals surface area contributed by atoms with Gasteiger partial charge in [0.15, 0.2) is 5.82 Å². The first-order chi connectivity index (χ1) is 27.0. The van der Waals surface area contributed by atoms with Gasteiger partial charge in [-0.15, -0.1) is 11.3 Å². The Morgan fingerprint density at radius 2 is 1.88 bits per heavy atom. The number of aromatic nitrogens is 2. The number of benzene rings is 2. The van der Waals surface area contributed by atoms with E-state index in [1.807, 2.05) is 11.0 Å². The van der Waals surface area contributed by atoms with Crippen molar-refractivity contribution in [3.05, 3.63) is 40.4 Å². The maximum atomic E-state index is 16.6. The zero-order valence-corrected chi connectivity index (χ0v) is 31.9. The van der Waals surface area contributed by atoms with Crippen LogP contribution in [-0.4, -0.2) is 103 Å². The van der Waals surface area contributed by atoms with Crippen molar-refractivity contribution < 1.29 is 49.4 Å². The third-order valence-electron chi connectivity index (χ3n) is 11.0. The summed E-state index contributed by atoms with van der Waals surface area (Å²) in [6.45, 7) is 1.24. The summed E-state index contributed by atoms with van der Waals surface area (Å²) in [5, 5.41) is 10.0. The predicted molar refractivity (Wildman–Crippen MR) is 197 cm³/mol. The molecule has 6 heterocycles. The van der Waals surface area contributed by atoms with E-state index in [9.17, 15) is 40.8 Å². The molecule has 1 spiro atoms. The van der Waals surface area contributed by atoms with Crippen LogP contribution < -0.4 is 15.4 Å². The second kappa shape index (κ2) is 15.5. The molecule has 2 atom stereocenters. The summed E-state index contributed by atoms with van der Waals surface area (Å²) in [7, 11) is 1.29. The Labute approximate surface area is 330 Å². The van der Waals surface area contributed by atoms with Gasteiger partial charge in [0, 0.05) is 60.5 Å². The highest BCUT2D eigenvalue weighted by Gasteiger charge is 2.60. The molecule has 8 rings (SSSR count). The Hall–Kier alpha value is -4.25. The first-order valence-electron chi connectivity index (χ1n) is 18.1. The number of fused-ring (bicyclic) bond motifs is 3. The zero-order valence-electron chi connectivity index (χ0n) is 30.4. The van der Waals surface area contributed by atoms with Gasteiger partial charge in [0.25, 0.3) is 0 Å². The number of likely N-dealkylation sites (tertiary alicyclic amines) is 1. The van der Waals surface area contributed by atoms with Gasteiger partial charge in [-0.2, -0.15) is 37.2 Å². The summed E-state index contributed by atoms with van der Waals surface area (Å²) in [5.41, 5.74) is 5.18. The van der Waals surface area contributed by atoms with Gasteiger partial charge in [-0.25, -0.2) is 13.2 Å². The van der Waals surface area contributed by atoms with E-state index in [1.165, 1.54) is 32.1 Å². The molecule has 0 bridgehead atoms. The fourth-order valence-electron chi connectivity index (χ4n) is 8.34. The average Bonchev–Trinajstić information content (AvgIpc) is 3.77.